The zero-order valence-corrected chi connectivity index (χ0v) is 14.6. The summed E-state index contributed by atoms with van der Waals surface area (Å²) in [5.74, 6) is -0.468. The fraction of sp³-hybridized carbons (Fsp3) is 0.294. The first kappa shape index (κ1) is 21.9. The molecule has 24 heavy (non-hydrogen) atoms. The molecule has 1 atom stereocenters. The number of ether oxygens (including phenoxy) is 1. The molecule has 0 saturated heterocycles. The molecule has 7 heteroatoms. The Balaban J connectivity index is 0.00000529. The number of nitrogens with two attached hydrogens (primary N) is 1. The summed E-state index contributed by atoms with van der Waals surface area (Å²) in [6.45, 7) is 8.30. The van der Waals surface area contributed by atoms with Crippen molar-refractivity contribution in [1.82, 2.24) is 4.90 Å². The summed E-state index contributed by atoms with van der Waals surface area (Å²) in [5, 5.41) is 2.67. The summed E-state index contributed by atoms with van der Waals surface area (Å²) < 4.78 is 4.83. The molecular weight excluding hydrogens is 330 g/mol. The topological polar surface area (TPSA) is 84.7 Å². The Kier molecular flexibility index (Phi) is 10.4. The van der Waals surface area contributed by atoms with Crippen molar-refractivity contribution < 1.29 is 14.3 Å². The van der Waals surface area contributed by atoms with Gasteiger partial charge in [0.15, 0.2) is 0 Å². The van der Waals surface area contributed by atoms with Gasteiger partial charge in [0.1, 0.15) is 6.04 Å². The molecule has 0 fully saturated rings. The lowest BCUT2D eigenvalue weighted by Crippen LogP contribution is -2.39. The van der Waals surface area contributed by atoms with E-state index < -0.39 is 6.04 Å². The first-order chi connectivity index (χ1) is 11.0. The van der Waals surface area contributed by atoms with Gasteiger partial charge in [0.05, 0.1) is 6.61 Å². The standard InChI is InChI=1S/C17H23N3O3.ClH/c1-4-10-20(11-5-2)17(22)13-6-8-14(9-7-13)19-16(21)15(18)12-23-3;/h4-9,15H,1-2,10-12,18H2,3H3,(H,19,21);1H. The highest BCUT2D eigenvalue weighted by atomic mass is 35.5. The smallest absolute Gasteiger partial charge is 0.254 e. The molecule has 1 rings (SSSR count). The molecule has 0 aliphatic rings. The predicted molar refractivity (Wildman–Crippen MR) is 98.5 cm³/mol. The van der Waals surface area contributed by atoms with E-state index in [-0.39, 0.29) is 30.8 Å². The lowest BCUT2D eigenvalue weighted by atomic mass is 10.1. The van der Waals surface area contributed by atoms with Gasteiger partial charge < -0.3 is 20.7 Å². The maximum atomic E-state index is 12.4. The zero-order chi connectivity index (χ0) is 17.2. The molecule has 0 aliphatic heterocycles. The van der Waals surface area contributed by atoms with Crippen molar-refractivity contribution in [3.8, 4) is 0 Å². The summed E-state index contributed by atoms with van der Waals surface area (Å²) in [4.78, 5) is 25.8. The summed E-state index contributed by atoms with van der Waals surface area (Å²) in [6.07, 6.45) is 3.32. The fourth-order valence-electron chi connectivity index (χ4n) is 1.92. The first-order valence-corrected chi connectivity index (χ1v) is 7.20. The third kappa shape index (κ3) is 6.54. The minimum absolute atomic E-state index is 0. The van der Waals surface area contributed by atoms with Crippen molar-refractivity contribution in [3.05, 3.63) is 55.1 Å². The van der Waals surface area contributed by atoms with Gasteiger partial charge in [-0.2, -0.15) is 0 Å². The molecule has 0 saturated carbocycles. The maximum Gasteiger partial charge on any atom is 0.254 e. The van der Waals surface area contributed by atoms with E-state index >= 15 is 0 Å². The number of hydrogen-bond acceptors (Lipinski definition) is 4. The van der Waals surface area contributed by atoms with Crippen LogP contribution in [0.4, 0.5) is 5.69 Å². The lowest BCUT2D eigenvalue weighted by Gasteiger charge is -2.19. The van der Waals surface area contributed by atoms with E-state index in [2.05, 4.69) is 18.5 Å². The van der Waals surface area contributed by atoms with Crippen molar-refractivity contribution >= 4 is 29.9 Å². The van der Waals surface area contributed by atoms with E-state index in [1.54, 1.807) is 41.3 Å². The Morgan fingerprint density at radius 2 is 1.79 bits per heavy atom. The van der Waals surface area contributed by atoms with Gasteiger partial charge in [0.25, 0.3) is 5.91 Å². The maximum absolute atomic E-state index is 12.4. The number of rotatable bonds is 9. The third-order valence-electron chi connectivity index (χ3n) is 3.07. The van der Waals surface area contributed by atoms with Gasteiger partial charge in [-0.15, -0.1) is 25.6 Å². The quantitative estimate of drug-likeness (QED) is 0.663. The van der Waals surface area contributed by atoms with Crippen LogP contribution in [0.5, 0.6) is 0 Å². The summed E-state index contributed by atoms with van der Waals surface area (Å²) >= 11 is 0. The number of amides is 2. The normalized spacial score (nSPS) is 10.9. The molecule has 2 amide bonds. The summed E-state index contributed by atoms with van der Waals surface area (Å²) in [7, 11) is 1.48. The van der Waals surface area contributed by atoms with Gasteiger partial charge >= 0.3 is 0 Å². The van der Waals surface area contributed by atoms with E-state index in [0.717, 1.165) is 0 Å². The van der Waals surface area contributed by atoms with Crippen molar-refractivity contribution in [2.45, 2.75) is 6.04 Å². The van der Waals surface area contributed by atoms with Crippen LogP contribution in [0.1, 0.15) is 10.4 Å². The van der Waals surface area contributed by atoms with E-state index in [0.29, 0.717) is 24.3 Å². The predicted octanol–water partition coefficient (Wildman–Crippen LogP) is 1.83. The zero-order valence-electron chi connectivity index (χ0n) is 13.7. The Bertz CT molecular complexity index is 551. The monoisotopic (exact) mass is 353 g/mol. The number of benzene rings is 1. The number of anilines is 1. The van der Waals surface area contributed by atoms with Crippen LogP contribution in [-0.4, -0.2) is 49.6 Å². The molecule has 3 N–H and O–H groups in total. The highest BCUT2D eigenvalue weighted by molar-refractivity contribution is 5.97. The van der Waals surface area contributed by atoms with Gasteiger partial charge in [-0.05, 0) is 24.3 Å². The number of nitrogens with one attached hydrogen (secondary N) is 1. The average molecular weight is 354 g/mol. The molecule has 0 bridgehead atoms. The molecular formula is C17H24ClN3O3. The Morgan fingerprint density at radius 3 is 2.25 bits per heavy atom. The van der Waals surface area contributed by atoms with Gasteiger partial charge in [0.2, 0.25) is 5.91 Å². The number of carbonyl (C=O) groups excluding carboxylic acids is 2. The number of nitrogens with zero attached hydrogens (tertiary/aromatic N) is 1. The number of halogens is 1. The highest BCUT2D eigenvalue weighted by Gasteiger charge is 2.15. The van der Waals surface area contributed by atoms with Crippen molar-refractivity contribution in [2.24, 2.45) is 5.73 Å². The molecule has 1 aromatic carbocycles. The highest BCUT2D eigenvalue weighted by Crippen LogP contribution is 2.12. The van der Waals surface area contributed by atoms with Gasteiger partial charge in [-0.1, -0.05) is 12.2 Å². The molecule has 0 spiro atoms. The molecule has 0 radical (unpaired) electrons. The second kappa shape index (κ2) is 11.4. The van der Waals surface area contributed by atoms with Crippen LogP contribution in [0.3, 0.4) is 0 Å². The van der Waals surface area contributed by atoms with Crippen LogP contribution in [0.2, 0.25) is 0 Å². The molecule has 0 heterocycles. The molecule has 0 aromatic heterocycles. The summed E-state index contributed by atoms with van der Waals surface area (Å²) in [6, 6.07) is 5.88. The van der Waals surface area contributed by atoms with E-state index in [4.69, 9.17) is 10.5 Å². The number of carbonyl (C=O) groups is 2. The minimum atomic E-state index is -0.739. The fourth-order valence-corrected chi connectivity index (χ4v) is 1.92. The van der Waals surface area contributed by atoms with Crippen molar-refractivity contribution in [1.29, 1.82) is 0 Å². The Labute approximate surface area is 148 Å². The second-order valence-corrected chi connectivity index (χ2v) is 4.92. The molecule has 6 nitrogen and oxygen atoms in total. The lowest BCUT2D eigenvalue weighted by molar-refractivity contribution is -0.118. The second-order valence-electron chi connectivity index (χ2n) is 4.92. The van der Waals surface area contributed by atoms with Gasteiger partial charge in [0, 0.05) is 31.5 Å². The van der Waals surface area contributed by atoms with Crippen LogP contribution in [-0.2, 0) is 9.53 Å². The summed E-state index contributed by atoms with van der Waals surface area (Å²) in [5.41, 5.74) is 6.73. The van der Waals surface area contributed by atoms with E-state index in [9.17, 15) is 9.59 Å². The van der Waals surface area contributed by atoms with Crippen LogP contribution in [0.15, 0.2) is 49.6 Å². The van der Waals surface area contributed by atoms with Crippen LogP contribution < -0.4 is 11.1 Å². The first-order valence-electron chi connectivity index (χ1n) is 7.20. The Morgan fingerprint density at radius 1 is 1.25 bits per heavy atom. The largest absolute Gasteiger partial charge is 0.383 e. The van der Waals surface area contributed by atoms with Crippen molar-refractivity contribution in [3.63, 3.8) is 0 Å². The van der Waals surface area contributed by atoms with Gasteiger partial charge in [-0.3, -0.25) is 9.59 Å². The molecule has 1 aromatic rings. The SMILES string of the molecule is C=CCN(CC=C)C(=O)c1ccc(NC(=O)C(N)COC)cc1.Cl. The van der Waals surface area contributed by atoms with Crippen LogP contribution in [0.25, 0.3) is 0 Å². The molecule has 0 aliphatic carbocycles. The number of hydrogen-bond donors (Lipinski definition) is 2. The number of methoxy groups -OCH3 is 1. The van der Waals surface area contributed by atoms with Crippen LogP contribution in [0, 0.1) is 0 Å². The minimum Gasteiger partial charge on any atom is -0.383 e. The van der Waals surface area contributed by atoms with Crippen LogP contribution >= 0.6 is 12.4 Å². The van der Waals surface area contributed by atoms with E-state index in [1.807, 2.05) is 0 Å². The molecule has 132 valence electrons. The third-order valence-corrected chi connectivity index (χ3v) is 3.07. The average Bonchev–Trinajstić information content (AvgIpc) is 2.55. The van der Waals surface area contributed by atoms with Gasteiger partial charge in [-0.25, -0.2) is 0 Å². The molecule has 1 unspecified atom stereocenters. The van der Waals surface area contributed by atoms with Crippen molar-refractivity contribution in [2.75, 3.05) is 32.1 Å². The Hall–Kier alpha value is -2.15. The van der Waals surface area contributed by atoms with E-state index in [1.165, 1.54) is 7.11 Å².